The van der Waals surface area contributed by atoms with Crippen LogP contribution in [-0.2, 0) is 19.1 Å². The summed E-state index contributed by atoms with van der Waals surface area (Å²) in [4.78, 5) is 39.2. The van der Waals surface area contributed by atoms with Gasteiger partial charge in [-0.15, -0.1) is 0 Å². The lowest BCUT2D eigenvalue weighted by molar-refractivity contribution is -0.121. The first-order valence-corrected chi connectivity index (χ1v) is 9.46. The predicted octanol–water partition coefficient (Wildman–Crippen LogP) is 2.58. The molecule has 0 saturated heterocycles. The zero-order valence-electron chi connectivity index (χ0n) is 16.5. The van der Waals surface area contributed by atoms with E-state index in [4.69, 9.17) is 21.1 Å². The number of hydrogen-bond acceptors (Lipinski definition) is 7. The van der Waals surface area contributed by atoms with E-state index in [-0.39, 0.29) is 40.2 Å². The molecule has 1 heterocycles. The van der Waals surface area contributed by atoms with Gasteiger partial charge in [-0.05, 0) is 23.1 Å². The van der Waals surface area contributed by atoms with Crippen LogP contribution in [0.3, 0.4) is 0 Å². The molecule has 150 valence electrons. The fourth-order valence-corrected chi connectivity index (χ4v) is 4.29. The number of rotatable bonds is 2. The monoisotopic (exact) mass is 401 g/mol. The molecule has 3 aliphatic rings. The minimum Gasteiger partial charge on any atom is -0.457 e. The number of benzene rings is 1. The number of allylic oxidation sites excluding steroid dienone is 4. The molecule has 0 saturated carbocycles. The first-order valence-electron chi connectivity index (χ1n) is 9.46. The summed E-state index contributed by atoms with van der Waals surface area (Å²) in [5.74, 6) is -2.04. The number of hydrogen-bond donors (Lipinski definition) is 2. The molecule has 4 rings (SSSR count). The number of carbonyl (C=O) groups is 3. The van der Waals surface area contributed by atoms with Crippen LogP contribution >= 0.6 is 0 Å². The molecule has 0 amide bonds. The maximum Gasteiger partial charge on any atom is 0.245 e. The van der Waals surface area contributed by atoms with Gasteiger partial charge < -0.3 is 15.9 Å². The maximum atomic E-state index is 13.2. The number of ether oxygens (including phenoxy) is 1. The molecule has 1 aromatic carbocycles. The highest BCUT2D eigenvalue weighted by molar-refractivity contribution is 6.32. The van der Waals surface area contributed by atoms with E-state index in [2.05, 4.69) is 0 Å². The average molecular weight is 401 g/mol. The highest BCUT2D eigenvalue weighted by atomic mass is 16.5. The predicted molar refractivity (Wildman–Crippen MR) is 107 cm³/mol. The van der Waals surface area contributed by atoms with Crippen LogP contribution in [0.15, 0.2) is 58.2 Å². The molecule has 0 radical (unpaired) electrons. The Hall–Kier alpha value is -3.79. The van der Waals surface area contributed by atoms with Crippen molar-refractivity contribution in [2.24, 2.45) is 11.1 Å². The summed E-state index contributed by atoms with van der Waals surface area (Å²) in [5, 5.41) is 16.6. The summed E-state index contributed by atoms with van der Waals surface area (Å²) >= 11 is 0. The van der Waals surface area contributed by atoms with Crippen molar-refractivity contribution in [2.75, 3.05) is 0 Å². The number of Topliss-reactive ketones (excluding diaryl/α,β-unsaturated/α-hetero) is 3. The molecular weight excluding hydrogens is 382 g/mol. The Balaban J connectivity index is 1.97. The summed E-state index contributed by atoms with van der Waals surface area (Å²) in [5.41, 5.74) is 6.31. The molecule has 7 nitrogen and oxygen atoms in total. The Morgan fingerprint density at radius 2 is 1.80 bits per heavy atom. The van der Waals surface area contributed by atoms with E-state index in [1.165, 1.54) is 0 Å². The number of ketones is 3. The van der Waals surface area contributed by atoms with Crippen LogP contribution < -0.4 is 5.73 Å². The third-order valence-electron chi connectivity index (χ3n) is 5.67. The molecule has 3 N–H and O–H groups in total. The molecule has 0 bridgehead atoms. The van der Waals surface area contributed by atoms with Gasteiger partial charge in [-0.1, -0.05) is 26.0 Å². The van der Waals surface area contributed by atoms with Crippen LogP contribution in [0.25, 0.3) is 0 Å². The molecule has 1 aliphatic heterocycles. The molecular formula is C23H19N3O4. The van der Waals surface area contributed by atoms with Crippen LogP contribution in [0.4, 0.5) is 0 Å². The van der Waals surface area contributed by atoms with Gasteiger partial charge in [-0.2, -0.15) is 5.26 Å². The van der Waals surface area contributed by atoms with Crippen molar-refractivity contribution in [1.82, 2.24) is 0 Å². The van der Waals surface area contributed by atoms with E-state index in [1.807, 2.05) is 19.9 Å². The number of nitrogens with two attached hydrogens (primary N) is 1. The van der Waals surface area contributed by atoms with Gasteiger partial charge in [0.1, 0.15) is 5.76 Å². The summed E-state index contributed by atoms with van der Waals surface area (Å²) in [6.45, 7) is 3.88. The lowest BCUT2D eigenvalue weighted by Crippen LogP contribution is -2.39. The third kappa shape index (κ3) is 2.80. The fraction of sp³-hybridized carbons (Fsp3) is 0.261. The van der Waals surface area contributed by atoms with E-state index in [0.29, 0.717) is 28.9 Å². The van der Waals surface area contributed by atoms with Gasteiger partial charge in [-0.3, -0.25) is 14.4 Å². The summed E-state index contributed by atoms with van der Waals surface area (Å²) < 4.78 is 5.87. The standard InChI is InChI=1S/C23H19N3O4/c1-23(2)7-14(27)17-15(8-23)30-22-18(20(28)13(10-25)19(26)21(22)29)16(17)12-5-3-11(9-24)4-6-12/h3-6,10,16,25H,7-8,26H2,1-2H3. The molecule has 1 unspecified atom stereocenters. The molecule has 0 aromatic heterocycles. The SMILES string of the molecule is CC1(C)CC(=O)C2=C(C1)OC1=C(C(=O)C(C=N)=C(N)C1=O)C2c1ccc(C#N)cc1. The van der Waals surface area contributed by atoms with Gasteiger partial charge in [0.05, 0.1) is 28.5 Å². The Kier molecular flexibility index (Phi) is 4.31. The minimum absolute atomic E-state index is 0.0178. The zero-order valence-corrected chi connectivity index (χ0v) is 16.5. The van der Waals surface area contributed by atoms with E-state index in [9.17, 15) is 14.4 Å². The lowest BCUT2D eigenvalue weighted by atomic mass is 9.68. The Labute approximate surface area is 173 Å². The molecule has 1 aromatic rings. The summed E-state index contributed by atoms with van der Waals surface area (Å²) in [6.07, 6.45) is 1.47. The molecule has 0 fully saturated rings. The van der Waals surface area contributed by atoms with Gasteiger partial charge >= 0.3 is 0 Å². The van der Waals surface area contributed by atoms with Crippen molar-refractivity contribution in [3.63, 3.8) is 0 Å². The largest absolute Gasteiger partial charge is 0.457 e. The number of nitriles is 1. The summed E-state index contributed by atoms with van der Waals surface area (Å²) in [7, 11) is 0. The van der Waals surface area contributed by atoms with Gasteiger partial charge in [0.25, 0.3) is 0 Å². The molecule has 0 spiro atoms. The minimum atomic E-state index is -0.820. The summed E-state index contributed by atoms with van der Waals surface area (Å²) in [6, 6.07) is 8.56. The van der Waals surface area contributed by atoms with Crippen molar-refractivity contribution < 1.29 is 19.1 Å². The smallest absolute Gasteiger partial charge is 0.245 e. The van der Waals surface area contributed by atoms with E-state index in [0.717, 1.165) is 6.21 Å². The van der Waals surface area contributed by atoms with Crippen LogP contribution in [-0.4, -0.2) is 23.6 Å². The van der Waals surface area contributed by atoms with Crippen LogP contribution in [0.2, 0.25) is 0 Å². The van der Waals surface area contributed by atoms with Crippen molar-refractivity contribution in [2.45, 2.75) is 32.6 Å². The van der Waals surface area contributed by atoms with Gasteiger partial charge in [0.2, 0.25) is 5.78 Å². The molecule has 1 atom stereocenters. The van der Waals surface area contributed by atoms with Gasteiger partial charge in [0, 0.05) is 30.5 Å². The molecule has 2 aliphatic carbocycles. The van der Waals surface area contributed by atoms with Crippen molar-refractivity contribution in [3.8, 4) is 6.07 Å². The van der Waals surface area contributed by atoms with E-state index in [1.54, 1.807) is 24.3 Å². The fourth-order valence-electron chi connectivity index (χ4n) is 4.29. The van der Waals surface area contributed by atoms with Crippen LogP contribution in [0.1, 0.15) is 43.7 Å². The topological polar surface area (TPSA) is 134 Å². The second kappa shape index (κ2) is 6.63. The average Bonchev–Trinajstić information content (AvgIpc) is 2.70. The van der Waals surface area contributed by atoms with E-state index >= 15 is 0 Å². The first-order chi connectivity index (χ1) is 14.2. The van der Waals surface area contributed by atoms with Crippen LogP contribution in [0, 0.1) is 22.2 Å². The Morgan fingerprint density at radius 1 is 1.13 bits per heavy atom. The maximum absolute atomic E-state index is 13.2. The number of nitrogens with zero attached hydrogens (tertiary/aromatic N) is 1. The second-order valence-corrected chi connectivity index (χ2v) is 8.42. The second-order valence-electron chi connectivity index (χ2n) is 8.42. The third-order valence-corrected chi connectivity index (χ3v) is 5.67. The highest BCUT2D eigenvalue weighted by Crippen LogP contribution is 2.50. The quantitative estimate of drug-likeness (QED) is 0.578. The van der Waals surface area contributed by atoms with Crippen LogP contribution in [0.5, 0.6) is 0 Å². The van der Waals surface area contributed by atoms with Crippen molar-refractivity contribution in [3.05, 3.63) is 69.3 Å². The van der Waals surface area contributed by atoms with Crippen molar-refractivity contribution in [1.29, 1.82) is 10.7 Å². The van der Waals surface area contributed by atoms with Gasteiger partial charge in [0.15, 0.2) is 17.3 Å². The van der Waals surface area contributed by atoms with Gasteiger partial charge in [-0.25, -0.2) is 0 Å². The molecule has 7 heteroatoms. The molecule has 30 heavy (non-hydrogen) atoms. The Bertz CT molecular complexity index is 1170. The van der Waals surface area contributed by atoms with Crippen molar-refractivity contribution >= 4 is 23.6 Å². The lowest BCUT2D eigenvalue weighted by Gasteiger charge is -2.39. The number of nitrogens with one attached hydrogen (secondary N) is 1. The highest BCUT2D eigenvalue weighted by Gasteiger charge is 2.48. The normalized spacial score (nSPS) is 23.0. The van der Waals surface area contributed by atoms with E-state index < -0.39 is 17.5 Å². The number of carbonyl (C=O) groups excluding carboxylic acids is 3. The first kappa shape index (κ1) is 19.5. The zero-order chi connectivity index (χ0) is 21.8. The Morgan fingerprint density at radius 3 is 2.40 bits per heavy atom.